The monoisotopic (exact) mass is 248 g/mol. The Kier molecular flexibility index (Phi) is 3.09. The highest BCUT2D eigenvalue weighted by molar-refractivity contribution is 5.90. The molecule has 0 atom stereocenters. The molecule has 0 aromatic carbocycles. The van der Waals surface area contributed by atoms with E-state index in [1.807, 2.05) is 0 Å². The van der Waals surface area contributed by atoms with Crippen molar-refractivity contribution in [1.82, 2.24) is 19.3 Å². The summed E-state index contributed by atoms with van der Waals surface area (Å²) in [6.07, 6.45) is 2.91. The number of carbonyl (C=O) groups is 1. The number of amides is 1. The van der Waals surface area contributed by atoms with Gasteiger partial charge in [-0.15, -0.1) is 5.10 Å². The van der Waals surface area contributed by atoms with Crippen LogP contribution in [0.2, 0.25) is 0 Å². The van der Waals surface area contributed by atoms with Crippen LogP contribution in [-0.4, -0.2) is 25.2 Å². The molecule has 0 aliphatic rings. The quantitative estimate of drug-likeness (QED) is 0.739. The lowest BCUT2D eigenvalue weighted by molar-refractivity contribution is -0.116. The molecule has 0 saturated heterocycles. The summed E-state index contributed by atoms with van der Waals surface area (Å²) >= 11 is 0. The number of pyridine rings is 1. The van der Waals surface area contributed by atoms with Crippen LogP contribution in [0, 0.1) is 0 Å². The number of hydrogen-bond donors (Lipinski definition) is 2. The number of aromatic nitrogens is 4. The lowest BCUT2D eigenvalue weighted by atomic mass is 10.4. The van der Waals surface area contributed by atoms with Crippen molar-refractivity contribution in [2.45, 2.75) is 6.54 Å². The summed E-state index contributed by atoms with van der Waals surface area (Å²) in [7, 11) is 1.61. The van der Waals surface area contributed by atoms with Crippen LogP contribution in [0.1, 0.15) is 0 Å². The average Bonchev–Trinajstić information content (AvgIpc) is 2.69. The van der Waals surface area contributed by atoms with Gasteiger partial charge in [0.05, 0.1) is 5.69 Å². The van der Waals surface area contributed by atoms with Crippen molar-refractivity contribution in [1.29, 1.82) is 0 Å². The summed E-state index contributed by atoms with van der Waals surface area (Å²) in [4.78, 5) is 26.5. The Bertz CT molecular complexity index is 629. The van der Waals surface area contributed by atoms with E-state index in [0.717, 1.165) is 0 Å². The first kappa shape index (κ1) is 11.8. The van der Waals surface area contributed by atoms with Gasteiger partial charge in [0.1, 0.15) is 12.9 Å². The fourth-order valence-electron chi connectivity index (χ4n) is 1.40. The van der Waals surface area contributed by atoms with Gasteiger partial charge in [-0.3, -0.25) is 9.59 Å². The van der Waals surface area contributed by atoms with E-state index in [-0.39, 0.29) is 24.0 Å². The molecule has 0 aliphatic carbocycles. The molecule has 2 rings (SSSR count). The summed E-state index contributed by atoms with van der Waals surface area (Å²) in [5.74, 6) is -0.163. The molecular formula is C10H12N6O2. The zero-order valence-corrected chi connectivity index (χ0v) is 9.70. The standard InChI is InChI=1S/C10H12N6O2/c1-15-4-7(2-3-9(15)18)13-8(17)5-16-6-12-10(11)14-16/h2-4,6H,5H2,1H3,(H2,11,14)(H,13,17). The minimum atomic E-state index is -0.279. The normalized spacial score (nSPS) is 10.3. The topological polar surface area (TPSA) is 108 Å². The van der Waals surface area contributed by atoms with Crippen molar-refractivity contribution in [2.75, 3.05) is 11.1 Å². The highest BCUT2D eigenvalue weighted by Crippen LogP contribution is 2.02. The van der Waals surface area contributed by atoms with Gasteiger partial charge in [0.25, 0.3) is 0 Å². The van der Waals surface area contributed by atoms with Gasteiger partial charge in [-0.25, -0.2) is 9.67 Å². The van der Waals surface area contributed by atoms with Gasteiger partial charge < -0.3 is 15.6 Å². The van der Waals surface area contributed by atoms with Crippen LogP contribution in [0.5, 0.6) is 0 Å². The number of carbonyl (C=O) groups excluding carboxylic acids is 1. The molecule has 8 heteroatoms. The number of hydrogen-bond acceptors (Lipinski definition) is 5. The lowest BCUT2D eigenvalue weighted by Crippen LogP contribution is -2.21. The number of nitrogens with zero attached hydrogens (tertiary/aromatic N) is 4. The zero-order chi connectivity index (χ0) is 13.1. The minimum Gasteiger partial charge on any atom is -0.367 e. The molecule has 0 spiro atoms. The van der Waals surface area contributed by atoms with Crippen LogP contribution in [0.25, 0.3) is 0 Å². The van der Waals surface area contributed by atoms with Gasteiger partial charge in [0, 0.05) is 19.3 Å². The van der Waals surface area contributed by atoms with Crippen LogP contribution < -0.4 is 16.6 Å². The van der Waals surface area contributed by atoms with E-state index in [0.29, 0.717) is 5.69 Å². The Morgan fingerprint density at radius 1 is 1.50 bits per heavy atom. The summed E-state index contributed by atoms with van der Waals surface area (Å²) in [5.41, 5.74) is 5.73. The van der Waals surface area contributed by atoms with E-state index in [9.17, 15) is 9.59 Å². The smallest absolute Gasteiger partial charge is 0.250 e. The van der Waals surface area contributed by atoms with Crippen LogP contribution >= 0.6 is 0 Å². The lowest BCUT2D eigenvalue weighted by Gasteiger charge is -2.06. The number of nitrogen functional groups attached to an aromatic ring is 1. The molecule has 2 aromatic heterocycles. The minimum absolute atomic E-state index is 0.00698. The van der Waals surface area contributed by atoms with E-state index >= 15 is 0 Å². The second kappa shape index (κ2) is 4.70. The van der Waals surface area contributed by atoms with Gasteiger partial charge in [0.2, 0.25) is 17.4 Å². The molecule has 3 N–H and O–H groups in total. The van der Waals surface area contributed by atoms with Crippen molar-refractivity contribution in [3.05, 3.63) is 35.0 Å². The van der Waals surface area contributed by atoms with Gasteiger partial charge in [-0.2, -0.15) is 0 Å². The first-order valence-electron chi connectivity index (χ1n) is 5.16. The first-order valence-corrected chi connectivity index (χ1v) is 5.16. The number of anilines is 2. The molecule has 1 amide bonds. The molecule has 0 aliphatic heterocycles. The van der Waals surface area contributed by atoms with Gasteiger partial charge >= 0.3 is 0 Å². The van der Waals surface area contributed by atoms with Gasteiger partial charge in [-0.05, 0) is 6.07 Å². The van der Waals surface area contributed by atoms with Crippen molar-refractivity contribution < 1.29 is 4.79 Å². The molecule has 8 nitrogen and oxygen atoms in total. The van der Waals surface area contributed by atoms with Crippen molar-refractivity contribution >= 4 is 17.5 Å². The number of rotatable bonds is 3. The predicted octanol–water partition coefficient (Wildman–Crippen LogP) is -0.802. The fourth-order valence-corrected chi connectivity index (χ4v) is 1.40. The molecule has 94 valence electrons. The summed E-state index contributed by atoms with van der Waals surface area (Å²) in [6.45, 7) is 0.00698. The van der Waals surface area contributed by atoms with Gasteiger partial charge in [0.15, 0.2) is 0 Å². The maximum atomic E-state index is 11.7. The summed E-state index contributed by atoms with van der Waals surface area (Å²) in [5, 5.41) is 6.43. The molecule has 18 heavy (non-hydrogen) atoms. The highest BCUT2D eigenvalue weighted by atomic mass is 16.2. The molecule has 0 unspecified atom stereocenters. The third-order valence-electron chi connectivity index (χ3n) is 2.23. The summed E-state index contributed by atoms with van der Waals surface area (Å²) in [6, 6.07) is 2.92. The molecule has 2 heterocycles. The van der Waals surface area contributed by atoms with Crippen LogP contribution in [0.4, 0.5) is 11.6 Å². The third-order valence-corrected chi connectivity index (χ3v) is 2.23. The molecule has 0 saturated carbocycles. The van der Waals surface area contributed by atoms with E-state index in [4.69, 9.17) is 5.73 Å². The Morgan fingerprint density at radius 3 is 2.89 bits per heavy atom. The Labute approximate surface area is 102 Å². The van der Waals surface area contributed by atoms with E-state index in [1.54, 1.807) is 7.05 Å². The largest absolute Gasteiger partial charge is 0.367 e. The molecule has 2 aromatic rings. The molecular weight excluding hydrogens is 236 g/mol. The second-order valence-corrected chi connectivity index (χ2v) is 3.72. The first-order chi connectivity index (χ1) is 8.54. The SMILES string of the molecule is Cn1cc(NC(=O)Cn2cnc(N)n2)ccc1=O. The van der Waals surface area contributed by atoms with Crippen LogP contribution in [0.15, 0.2) is 29.5 Å². The Hall–Kier alpha value is -2.64. The predicted molar refractivity (Wildman–Crippen MR) is 64.7 cm³/mol. The number of nitrogens with two attached hydrogens (primary N) is 1. The average molecular weight is 248 g/mol. The maximum absolute atomic E-state index is 11.7. The van der Waals surface area contributed by atoms with Crippen molar-refractivity contribution in [3.8, 4) is 0 Å². The second-order valence-electron chi connectivity index (χ2n) is 3.72. The Balaban J connectivity index is 2.03. The highest BCUT2D eigenvalue weighted by Gasteiger charge is 2.05. The number of nitrogens with one attached hydrogen (secondary N) is 1. The molecule has 0 bridgehead atoms. The maximum Gasteiger partial charge on any atom is 0.250 e. The van der Waals surface area contributed by atoms with E-state index < -0.39 is 0 Å². The third kappa shape index (κ3) is 2.73. The molecule has 0 radical (unpaired) electrons. The summed E-state index contributed by atoms with van der Waals surface area (Å²) < 4.78 is 2.70. The van der Waals surface area contributed by atoms with Crippen LogP contribution in [0.3, 0.4) is 0 Å². The van der Waals surface area contributed by atoms with Crippen LogP contribution in [-0.2, 0) is 18.4 Å². The van der Waals surface area contributed by atoms with E-state index in [2.05, 4.69) is 15.4 Å². The van der Waals surface area contributed by atoms with Crippen molar-refractivity contribution in [2.24, 2.45) is 7.05 Å². The van der Waals surface area contributed by atoms with Gasteiger partial charge in [-0.1, -0.05) is 0 Å². The Morgan fingerprint density at radius 2 is 2.28 bits per heavy atom. The number of aryl methyl sites for hydroxylation is 1. The molecule has 0 fully saturated rings. The fraction of sp³-hybridized carbons (Fsp3) is 0.200. The van der Waals surface area contributed by atoms with Crippen molar-refractivity contribution in [3.63, 3.8) is 0 Å². The van der Waals surface area contributed by atoms with E-state index in [1.165, 1.54) is 33.9 Å². The zero-order valence-electron chi connectivity index (χ0n) is 9.70.